The van der Waals surface area contributed by atoms with Gasteiger partial charge in [-0.05, 0) is 6.42 Å². The molecule has 1 unspecified atom stereocenters. The Bertz CT molecular complexity index is 271. The van der Waals surface area contributed by atoms with E-state index in [9.17, 15) is 0 Å². The molecule has 0 N–H and O–H groups in total. The Labute approximate surface area is 80.2 Å². The Morgan fingerprint density at radius 1 is 1.31 bits per heavy atom. The van der Waals surface area contributed by atoms with Crippen LogP contribution in [0.15, 0.2) is 30.3 Å². The van der Waals surface area contributed by atoms with Gasteiger partial charge in [-0.3, -0.25) is 0 Å². The standard InChI is InChI=1S/C12H15N/c1-3-4-10-12(13-2)11-8-6-5-7-9-11/h5-9,12H,3-4,10H2,1H3. The Hall–Kier alpha value is -1.29. The van der Waals surface area contributed by atoms with Crippen molar-refractivity contribution in [2.75, 3.05) is 0 Å². The Balaban J connectivity index is 2.63. The van der Waals surface area contributed by atoms with Gasteiger partial charge in [0.25, 0.3) is 0 Å². The number of nitrogens with zero attached hydrogens (tertiary/aromatic N) is 1. The smallest absolute Gasteiger partial charge is 0.248 e. The van der Waals surface area contributed by atoms with Crippen LogP contribution >= 0.6 is 0 Å². The summed E-state index contributed by atoms with van der Waals surface area (Å²) in [4.78, 5) is 3.65. The first-order chi connectivity index (χ1) is 6.38. The van der Waals surface area contributed by atoms with Crippen LogP contribution in [0.5, 0.6) is 0 Å². The van der Waals surface area contributed by atoms with Crippen molar-refractivity contribution >= 4 is 0 Å². The molecule has 13 heavy (non-hydrogen) atoms. The minimum atomic E-state index is 0.0705. The molecular weight excluding hydrogens is 158 g/mol. The van der Waals surface area contributed by atoms with Crippen molar-refractivity contribution < 1.29 is 0 Å². The summed E-state index contributed by atoms with van der Waals surface area (Å²) < 4.78 is 0. The zero-order valence-corrected chi connectivity index (χ0v) is 8.03. The fourth-order valence-electron chi connectivity index (χ4n) is 1.38. The van der Waals surface area contributed by atoms with Crippen LogP contribution in [0, 0.1) is 6.57 Å². The molecule has 1 heteroatoms. The van der Waals surface area contributed by atoms with Gasteiger partial charge in [0.2, 0.25) is 6.04 Å². The van der Waals surface area contributed by atoms with Crippen LogP contribution in [0.1, 0.15) is 37.8 Å². The van der Waals surface area contributed by atoms with Crippen LogP contribution in [0.25, 0.3) is 4.85 Å². The molecule has 0 saturated carbocycles. The van der Waals surface area contributed by atoms with E-state index in [4.69, 9.17) is 6.57 Å². The first-order valence-corrected chi connectivity index (χ1v) is 4.80. The summed E-state index contributed by atoms with van der Waals surface area (Å²) in [7, 11) is 0. The van der Waals surface area contributed by atoms with E-state index in [0.29, 0.717) is 0 Å². The molecule has 0 aliphatic carbocycles. The summed E-state index contributed by atoms with van der Waals surface area (Å²) in [5, 5.41) is 0. The predicted octanol–water partition coefficient (Wildman–Crippen LogP) is 3.84. The molecule has 0 aromatic heterocycles. The van der Waals surface area contributed by atoms with Gasteiger partial charge in [0.1, 0.15) is 0 Å². The minimum absolute atomic E-state index is 0.0705. The molecule has 68 valence electrons. The molecule has 0 aliphatic rings. The normalized spacial score (nSPS) is 12.0. The first-order valence-electron chi connectivity index (χ1n) is 4.80. The molecule has 1 aromatic carbocycles. The molecule has 0 spiro atoms. The lowest BCUT2D eigenvalue weighted by Crippen LogP contribution is -1.92. The summed E-state index contributed by atoms with van der Waals surface area (Å²) in [6.07, 6.45) is 3.30. The fourth-order valence-corrected chi connectivity index (χ4v) is 1.38. The zero-order chi connectivity index (χ0) is 9.52. The van der Waals surface area contributed by atoms with Gasteiger partial charge < -0.3 is 4.85 Å². The van der Waals surface area contributed by atoms with Crippen LogP contribution in [-0.2, 0) is 0 Å². The Morgan fingerprint density at radius 2 is 2.00 bits per heavy atom. The van der Waals surface area contributed by atoms with Gasteiger partial charge in [0, 0.05) is 12.0 Å². The van der Waals surface area contributed by atoms with Gasteiger partial charge in [-0.2, -0.15) is 0 Å². The van der Waals surface area contributed by atoms with Crippen molar-refractivity contribution in [1.82, 2.24) is 0 Å². The van der Waals surface area contributed by atoms with E-state index in [2.05, 4.69) is 11.8 Å². The lowest BCUT2D eigenvalue weighted by atomic mass is 10.0. The summed E-state index contributed by atoms with van der Waals surface area (Å²) in [5.74, 6) is 0. The van der Waals surface area contributed by atoms with Crippen molar-refractivity contribution in [2.24, 2.45) is 0 Å². The van der Waals surface area contributed by atoms with E-state index in [1.54, 1.807) is 0 Å². The van der Waals surface area contributed by atoms with Gasteiger partial charge in [-0.15, -0.1) is 0 Å². The van der Waals surface area contributed by atoms with E-state index < -0.39 is 0 Å². The molecule has 0 fully saturated rings. The van der Waals surface area contributed by atoms with Crippen molar-refractivity contribution in [2.45, 2.75) is 32.2 Å². The third kappa shape index (κ3) is 2.91. The lowest BCUT2D eigenvalue weighted by molar-refractivity contribution is 0.661. The molecule has 0 amide bonds. The molecule has 1 rings (SSSR count). The maximum Gasteiger partial charge on any atom is 0.248 e. The maximum atomic E-state index is 7.10. The highest BCUT2D eigenvalue weighted by atomic mass is 14.7. The fraction of sp³-hybridized carbons (Fsp3) is 0.417. The number of benzene rings is 1. The van der Waals surface area contributed by atoms with E-state index in [1.165, 1.54) is 6.42 Å². The highest BCUT2D eigenvalue weighted by molar-refractivity contribution is 5.21. The van der Waals surface area contributed by atoms with Crippen LogP contribution < -0.4 is 0 Å². The molecule has 0 bridgehead atoms. The lowest BCUT2D eigenvalue weighted by Gasteiger charge is -2.03. The molecule has 0 saturated heterocycles. The summed E-state index contributed by atoms with van der Waals surface area (Å²) in [6, 6.07) is 10.1. The summed E-state index contributed by atoms with van der Waals surface area (Å²) >= 11 is 0. The second-order valence-electron chi connectivity index (χ2n) is 3.20. The second-order valence-corrected chi connectivity index (χ2v) is 3.20. The highest BCUT2D eigenvalue weighted by Gasteiger charge is 2.13. The van der Waals surface area contributed by atoms with Crippen LogP contribution in [-0.4, -0.2) is 0 Å². The van der Waals surface area contributed by atoms with Gasteiger partial charge in [-0.1, -0.05) is 43.7 Å². The van der Waals surface area contributed by atoms with E-state index in [1.807, 2.05) is 30.3 Å². The molecule has 1 nitrogen and oxygen atoms in total. The third-order valence-corrected chi connectivity index (χ3v) is 2.17. The molecule has 1 atom stereocenters. The van der Waals surface area contributed by atoms with Crippen LogP contribution in [0.2, 0.25) is 0 Å². The predicted molar refractivity (Wildman–Crippen MR) is 55.3 cm³/mol. The number of hydrogen-bond acceptors (Lipinski definition) is 0. The first kappa shape index (κ1) is 9.80. The van der Waals surface area contributed by atoms with Crippen LogP contribution in [0.4, 0.5) is 0 Å². The average Bonchev–Trinajstić information content (AvgIpc) is 2.21. The summed E-state index contributed by atoms with van der Waals surface area (Å²) in [6.45, 7) is 9.26. The molecular formula is C12H15N. The largest absolute Gasteiger partial charge is 0.308 e. The Morgan fingerprint density at radius 3 is 2.54 bits per heavy atom. The van der Waals surface area contributed by atoms with Gasteiger partial charge >= 0.3 is 0 Å². The summed E-state index contributed by atoms with van der Waals surface area (Å²) in [5.41, 5.74) is 1.16. The second kappa shape index (κ2) is 5.37. The van der Waals surface area contributed by atoms with Crippen molar-refractivity contribution in [3.05, 3.63) is 47.3 Å². The molecule has 0 heterocycles. The number of unbranched alkanes of at least 4 members (excludes halogenated alkanes) is 1. The minimum Gasteiger partial charge on any atom is -0.308 e. The van der Waals surface area contributed by atoms with E-state index >= 15 is 0 Å². The van der Waals surface area contributed by atoms with Crippen molar-refractivity contribution in [3.63, 3.8) is 0 Å². The topological polar surface area (TPSA) is 4.36 Å². The van der Waals surface area contributed by atoms with E-state index in [0.717, 1.165) is 18.4 Å². The van der Waals surface area contributed by atoms with Gasteiger partial charge in [0.05, 0.1) is 0 Å². The van der Waals surface area contributed by atoms with Crippen molar-refractivity contribution in [1.29, 1.82) is 0 Å². The molecule has 0 aliphatic heterocycles. The quantitative estimate of drug-likeness (QED) is 0.609. The van der Waals surface area contributed by atoms with Gasteiger partial charge in [0.15, 0.2) is 0 Å². The monoisotopic (exact) mass is 173 g/mol. The number of hydrogen-bond donors (Lipinski definition) is 0. The van der Waals surface area contributed by atoms with Gasteiger partial charge in [-0.25, -0.2) is 6.57 Å². The van der Waals surface area contributed by atoms with Crippen molar-refractivity contribution in [3.8, 4) is 0 Å². The number of rotatable bonds is 4. The van der Waals surface area contributed by atoms with E-state index in [-0.39, 0.29) is 6.04 Å². The Kier molecular flexibility index (Phi) is 4.05. The third-order valence-electron chi connectivity index (χ3n) is 2.17. The SMILES string of the molecule is [C-]#[N+]C(CCCC)c1ccccc1. The molecule has 1 aromatic rings. The zero-order valence-electron chi connectivity index (χ0n) is 8.03. The highest BCUT2D eigenvalue weighted by Crippen LogP contribution is 2.22. The maximum absolute atomic E-state index is 7.10. The van der Waals surface area contributed by atoms with Crippen LogP contribution in [0.3, 0.4) is 0 Å². The molecule has 0 radical (unpaired) electrons. The average molecular weight is 173 g/mol.